The van der Waals surface area contributed by atoms with E-state index in [0.717, 1.165) is 11.1 Å². The minimum Gasteiger partial charge on any atom is -0.490 e. The summed E-state index contributed by atoms with van der Waals surface area (Å²) < 4.78 is 5.72. The van der Waals surface area contributed by atoms with Crippen molar-refractivity contribution in [3.63, 3.8) is 0 Å². The number of carbonyl (C=O) groups excluding carboxylic acids is 2. The van der Waals surface area contributed by atoms with Crippen LogP contribution in [-0.4, -0.2) is 28.4 Å². The average molecular weight is 433 g/mol. The molecule has 1 aromatic carbocycles. The lowest BCUT2D eigenvalue weighted by atomic mass is 10.2. The number of nitrogens with one attached hydrogen (secondary N) is 1. The number of hydrogen-bond donors (Lipinski definition) is 3. The van der Waals surface area contributed by atoms with Gasteiger partial charge in [-0.1, -0.05) is 44.7 Å². The SMILES string of the molecule is C=C/C=C(\C=C/COC1=CCC=C(C(N)=O)C=C1)c1nc2ccc(C(N)=O)cc2[nH]1.CC. The van der Waals surface area contributed by atoms with Gasteiger partial charge in [0.25, 0.3) is 0 Å². The number of imidazole rings is 1. The molecule has 0 unspecified atom stereocenters. The van der Waals surface area contributed by atoms with Crippen molar-refractivity contribution in [1.82, 2.24) is 9.97 Å². The average Bonchev–Trinajstić information content (AvgIpc) is 3.06. The van der Waals surface area contributed by atoms with E-state index in [1.165, 1.54) is 0 Å². The zero-order chi connectivity index (χ0) is 23.5. The van der Waals surface area contributed by atoms with Crippen LogP contribution in [0, 0.1) is 0 Å². The van der Waals surface area contributed by atoms with Crippen molar-refractivity contribution in [3.8, 4) is 0 Å². The van der Waals surface area contributed by atoms with Crippen molar-refractivity contribution in [2.45, 2.75) is 20.3 Å². The Morgan fingerprint density at radius 1 is 1.19 bits per heavy atom. The van der Waals surface area contributed by atoms with Crippen LogP contribution in [0.3, 0.4) is 0 Å². The Bertz CT molecular complexity index is 1150. The number of nitrogens with two attached hydrogens (primary N) is 2. The minimum absolute atomic E-state index is 0.322. The van der Waals surface area contributed by atoms with Crippen LogP contribution < -0.4 is 11.5 Å². The van der Waals surface area contributed by atoms with Gasteiger partial charge < -0.3 is 21.2 Å². The Labute approximate surface area is 187 Å². The maximum Gasteiger partial charge on any atom is 0.248 e. The number of hydrogen-bond acceptors (Lipinski definition) is 4. The Morgan fingerprint density at radius 2 is 1.97 bits per heavy atom. The van der Waals surface area contributed by atoms with Gasteiger partial charge in [-0.05, 0) is 48.9 Å². The molecule has 0 saturated carbocycles. The molecule has 7 nitrogen and oxygen atoms in total. The number of primary amides is 2. The summed E-state index contributed by atoms with van der Waals surface area (Å²) in [5.41, 5.74) is 13.7. The molecule has 1 aliphatic rings. The van der Waals surface area contributed by atoms with Gasteiger partial charge in [0.05, 0.1) is 11.0 Å². The summed E-state index contributed by atoms with van der Waals surface area (Å²) >= 11 is 0. The highest BCUT2D eigenvalue weighted by atomic mass is 16.5. The molecular formula is C25H28N4O3. The number of nitrogens with zero attached hydrogens (tertiary/aromatic N) is 1. The number of amides is 2. The summed E-state index contributed by atoms with van der Waals surface area (Å²) in [6, 6.07) is 5.06. The quantitative estimate of drug-likeness (QED) is 0.544. The number of H-pyrrole nitrogens is 1. The molecule has 2 aromatic rings. The number of allylic oxidation sites excluding steroid dienone is 7. The van der Waals surface area contributed by atoms with Gasteiger partial charge in [0, 0.05) is 16.7 Å². The van der Waals surface area contributed by atoms with E-state index >= 15 is 0 Å². The molecule has 1 heterocycles. The molecule has 1 aromatic heterocycles. The van der Waals surface area contributed by atoms with Gasteiger partial charge in [0.15, 0.2) is 0 Å². The Balaban J connectivity index is 0.00000176. The largest absolute Gasteiger partial charge is 0.490 e. The highest BCUT2D eigenvalue weighted by molar-refractivity contribution is 5.96. The third kappa shape index (κ3) is 6.43. The van der Waals surface area contributed by atoms with Crippen LogP contribution in [0.15, 0.2) is 84.7 Å². The molecule has 7 heteroatoms. The van der Waals surface area contributed by atoms with Crippen molar-refractivity contribution in [2.24, 2.45) is 11.5 Å². The van der Waals surface area contributed by atoms with Crippen molar-refractivity contribution < 1.29 is 14.3 Å². The Kier molecular flexibility index (Phi) is 8.98. The molecule has 1 aliphatic carbocycles. The van der Waals surface area contributed by atoms with E-state index in [1.54, 1.807) is 42.5 Å². The van der Waals surface area contributed by atoms with E-state index in [2.05, 4.69) is 16.5 Å². The number of rotatable bonds is 8. The fourth-order valence-electron chi connectivity index (χ4n) is 2.86. The van der Waals surface area contributed by atoms with Crippen molar-refractivity contribution in [3.05, 3.63) is 96.1 Å². The summed E-state index contributed by atoms with van der Waals surface area (Å²) in [4.78, 5) is 30.4. The van der Waals surface area contributed by atoms with Gasteiger partial charge in [-0.2, -0.15) is 0 Å². The first-order valence-electron chi connectivity index (χ1n) is 10.3. The summed E-state index contributed by atoms with van der Waals surface area (Å²) in [7, 11) is 0. The lowest BCUT2D eigenvalue weighted by Crippen LogP contribution is -2.12. The van der Waals surface area contributed by atoms with Crippen molar-refractivity contribution in [1.29, 1.82) is 0 Å². The minimum atomic E-state index is -0.494. The van der Waals surface area contributed by atoms with Crippen LogP contribution in [0.5, 0.6) is 0 Å². The maximum atomic E-state index is 11.4. The van der Waals surface area contributed by atoms with E-state index in [9.17, 15) is 9.59 Å². The fourth-order valence-corrected chi connectivity index (χ4v) is 2.86. The smallest absolute Gasteiger partial charge is 0.248 e. The molecule has 0 bridgehead atoms. The van der Waals surface area contributed by atoms with Gasteiger partial charge in [-0.3, -0.25) is 9.59 Å². The molecule has 0 atom stereocenters. The molecule has 3 rings (SSSR count). The summed E-state index contributed by atoms with van der Waals surface area (Å²) in [5, 5.41) is 0. The lowest BCUT2D eigenvalue weighted by Gasteiger charge is -2.03. The first kappa shape index (κ1) is 24.1. The highest BCUT2D eigenvalue weighted by Gasteiger charge is 2.08. The second-order valence-electron chi connectivity index (χ2n) is 6.45. The molecule has 0 aliphatic heterocycles. The second kappa shape index (κ2) is 11.9. The topological polar surface area (TPSA) is 124 Å². The fraction of sp³-hybridized carbons (Fsp3) is 0.160. The molecule has 0 fully saturated rings. The molecule has 0 spiro atoms. The van der Waals surface area contributed by atoms with Gasteiger partial charge in [-0.25, -0.2) is 4.98 Å². The first-order chi connectivity index (χ1) is 15.5. The zero-order valence-electron chi connectivity index (χ0n) is 18.3. The van der Waals surface area contributed by atoms with Crippen molar-refractivity contribution >= 4 is 28.4 Å². The molecule has 166 valence electrons. The molecule has 2 amide bonds. The van der Waals surface area contributed by atoms with Crippen LogP contribution >= 0.6 is 0 Å². The van der Waals surface area contributed by atoms with Crippen LogP contribution in [0.2, 0.25) is 0 Å². The van der Waals surface area contributed by atoms with Crippen LogP contribution in [0.4, 0.5) is 0 Å². The molecular weight excluding hydrogens is 404 g/mol. The van der Waals surface area contributed by atoms with Gasteiger partial charge >= 0.3 is 0 Å². The number of aromatic amines is 1. The van der Waals surface area contributed by atoms with E-state index in [1.807, 2.05) is 38.2 Å². The van der Waals surface area contributed by atoms with Crippen LogP contribution in [0.1, 0.15) is 36.5 Å². The number of fused-ring (bicyclic) bond motifs is 1. The number of ether oxygens (including phenoxy) is 1. The van der Waals surface area contributed by atoms with E-state index < -0.39 is 11.8 Å². The predicted octanol–water partition coefficient (Wildman–Crippen LogP) is 4.09. The monoisotopic (exact) mass is 432 g/mol. The van der Waals surface area contributed by atoms with Gasteiger partial charge in [0.1, 0.15) is 18.2 Å². The Hall–Kier alpha value is -4.13. The third-order valence-electron chi connectivity index (χ3n) is 4.35. The number of aromatic nitrogens is 2. The summed E-state index contributed by atoms with van der Waals surface area (Å²) in [6.45, 7) is 8.07. The maximum absolute atomic E-state index is 11.4. The molecule has 5 N–H and O–H groups in total. The number of benzene rings is 1. The van der Waals surface area contributed by atoms with Gasteiger partial charge in [0.2, 0.25) is 11.8 Å². The zero-order valence-corrected chi connectivity index (χ0v) is 18.3. The molecule has 0 radical (unpaired) electrons. The van der Waals surface area contributed by atoms with E-state index in [4.69, 9.17) is 16.2 Å². The van der Waals surface area contributed by atoms with Crippen molar-refractivity contribution in [2.75, 3.05) is 6.61 Å². The van der Waals surface area contributed by atoms with E-state index in [-0.39, 0.29) is 0 Å². The molecule has 32 heavy (non-hydrogen) atoms. The van der Waals surface area contributed by atoms with E-state index in [0.29, 0.717) is 41.3 Å². The van der Waals surface area contributed by atoms with Gasteiger partial charge in [-0.15, -0.1) is 0 Å². The van der Waals surface area contributed by atoms with Crippen LogP contribution in [0.25, 0.3) is 16.6 Å². The predicted molar refractivity (Wildman–Crippen MR) is 128 cm³/mol. The Morgan fingerprint density at radius 3 is 2.66 bits per heavy atom. The second-order valence-corrected chi connectivity index (χ2v) is 6.45. The third-order valence-corrected chi connectivity index (χ3v) is 4.35. The van der Waals surface area contributed by atoms with Crippen LogP contribution in [-0.2, 0) is 9.53 Å². The molecule has 0 saturated heterocycles. The summed E-state index contributed by atoms with van der Waals surface area (Å²) in [5.74, 6) is 0.330. The summed E-state index contributed by atoms with van der Waals surface area (Å²) in [6.07, 6.45) is 14.7. The lowest BCUT2D eigenvalue weighted by molar-refractivity contribution is -0.114. The first-order valence-corrected chi connectivity index (χ1v) is 10.3. The highest BCUT2D eigenvalue weighted by Crippen LogP contribution is 2.20. The standard InChI is InChI=1S/C23H22N4O3.C2H6/c1-2-5-16(23-26-19-12-10-17(22(25)29)14-20(19)27-23)7-4-13-30-18-8-3-6-15(9-11-18)21(24)28;1-2/h2,4-12,14H,1,3,13H2,(H2,24,28)(H2,25,29)(H,26,27);1-2H3/b7-4-,16-5+;. The normalized spacial score (nSPS) is 13.6. The number of carbonyl (C=O) groups is 2.